The molecule has 2 aromatic carbocycles. The van der Waals surface area contributed by atoms with E-state index < -0.39 is 15.7 Å². The summed E-state index contributed by atoms with van der Waals surface area (Å²) in [7, 11) is -1.70. The number of amides is 1. The van der Waals surface area contributed by atoms with Gasteiger partial charge < -0.3 is 10.1 Å². The molecule has 9 heteroatoms. The molecular weight excluding hydrogens is 409 g/mol. The highest BCUT2D eigenvalue weighted by molar-refractivity contribution is 7.90. The Morgan fingerprint density at radius 3 is 2.50 bits per heavy atom. The van der Waals surface area contributed by atoms with Crippen molar-refractivity contribution in [3.63, 3.8) is 0 Å². The molecule has 0 saturated carbocycles. The first-order valence-electron chi connectivity index (χ1n) is 9.34. The zero-order valence-electron chi connectivity index (χ0n) is 16.3. The molecule has 0 spiro atoms. The first-order valence-corrected chi connectivity index (χ1v) is 11.2. The number of nitrogens with zero attached hydrogens (tertiary/aromatic N) is 2. The van der Waals surface area contributed by atoms with Gasteiger partial charge in [-0.1, -0.05) is 12.1 Å². The highest BCUT2D eigenvalue weighted by atomic mass is 32.2. The summed E-state index contributed by atoms with van der Waals surface area (Å²) in [5.74, 6) is 0.0379. The normalized spacial score (nSPS) is 14.3. The van der Waals surface area contributed by atoms with Crippen LogP contribution in [-0.2, 0) is 32.6 Å². The molecule has 0 aliphatic carbocycles. The SMILES string of the molecule is COc1ccc(CCC(=O)Nc2c3c(nn2-c2ccc(F)cc2)CS(=O)(=O)C3)cc1. The predicted molar refractivity (Wildman–Crippen MR) is 110 cm³/mol. The Morgan fingerprint density at radius 2 is 1.83 bits per heavy atom. The molecule has 0 saturated heterocycles. The minimum atomic E-state index is -3.29. The Balaban J connectivity index is 1.56. The van der Waals surface area contributed by atoms with Crippen LogP contribution in [0.4, 0.5) is 10.2 Å². The molecule has 0 radical (unpaired) electrons. The molecule has 0 unspecified atom stereocenters. The van der Waals surface area contributed by atoms with E-state index in [1.54, 1.807) is 7.11 Å². The van der Waals surface area contributed by atoms with Crippen molar-refractivity contribution in [1.82, 2.24) is 9.78 Å². The van der Waals surface area contributed by atoms with Crippen LogP contribution in [0.1, 0.15) is 23.2 Å². The molecule has 1 aromatic heterocycles. The minimum Gasteiger partial charge on any atom is -0.497 e. The molecule has 1 aliphatic rings. The summed E-state index contributed by atoms with van der Waals surface area (Å²) in [6, 6.07) is 13.1. The summed E-state index contributed by atoms with van der Waals surface area (Å²) in [5, 5.41) is 7.18. The number of anilines is 1. The van der Waals surface area contributed by atoms with Crippen molar-refractivity contribution < 1.29 is 22.3 Å². The number of hydrogen-bond donors (Lipinski definition) is 1. The third-order valence-corrected chi connectivity index (χ3v) is 6.36. The number of benzene rings is 2. The molecule has 4 rings (SSSR count). The number of sulfone groups is 1. The molecule has 3 aromatic rings. The highest BCUT2D eigenvalue weighted by Crippen LogP contribution is 2.33. The standard InChI is InChI=1S/C21H20FN3O4S/c1-29-17-9-2-14(3-10-17)4-11-20(26)23-21-18-12-30(27,28)13-19(18)24-25(21)16-7-5-15(22)6-8-16/h2-3,5-10H,4,11-13H2,1H3,(H,23,26). The maximum Gasteiger partial charge on any atom is 0.225 e. The van der Waals surface area contributed by atoms with Crippen molar-refractivity contribution >= 4 is 21.6 Å². The third kappa shape index (κ3) is 4.20. The summed E-state index contributed by atoms with van der Waals surface area (Å²) in [4.78, 5) is 12.6. The number of aromatic nitrogens is 2. The fraction of sp³-hybridized carbons (Fsp3) is 0.238. The average molecular weight is 429 g/mol. The van der Waals surface area contributed by atoms with Crippen molar-refractivity contribution in [3.05, 3.63) is 71.2 Å². The molecule has 156 valence electrons. The van der Waals surface area contributed by atoms with Gasteiger partial charge >= 0.3 is 0 Å². The summed E-state index contributed by atoms with van der Waals surface area (Å²) < 4.78 is 43.9. The van der Waals surface area contributed by atoms with Gasteiger partial charge in [-0.15, -0.1) is 0 Å². The van der Waals surface area contributed by atoms with Crippen LogP contribution in [0, 0.1) is 5.82 Å². The quantitative estimate of drug-likeness (QED) is 0.651. The van der Waals surface area contributed by atoms with Gasteiger partial charge in [-0.05, 0) is 48.4 Å². The molecular formula is C21H20FN3O4S. The molecule has 30 heavy (non-hydrogen) atoms. The fourth-order valence-corrected chi connectivity index (χ4v) is 4.88. The maximum absolute atomic E-state index is 13.3. The Hall–Kier alpha value is -3.20. The summed E-state index contributed by atoms with van der Waals surface area (Å²) >= 11 is 0. The van der Waals surface area contributed by atoms with Crippen LogP contribution < -0.4 is 10.1 Å². The van der Waals surface area contributed by atoms with Crippen LogP contribution in [-0.4, -0.2) is 31.2 Å². The molecule has 1 amide bonds. The van der Waals surface area contributed by atoms with Gasteiger partial charge in [-0.3, -0.25) is 4.79 Å². The van der Waals surface area contributed by atoms with Crippen molar-refractivity contribution in [2.45, 2.75) is 24.3 Å². The van der Waals surface area contributed by atoms with Gasteiger partial charge in [-0.2, -0.15) is 5.10 Å². The van der Waals surface area contributed by atoms with Crippen LogP contribution in [0.2, 0.25) is 0 Å². The van der Waals surface area contributed by atoms with Gasteiger partial charge in [0.2, 0.25) is 5.91 Å². The number of ether oxygens (including phenoxy) is 1. The van der Waals surface area contributed by atoms with Crippen molar-refractivity contribution in [2.75, 3.05) is 12.4 Å². The van der Waals surface area contributed by atoms with Crippen molar-refractivity contribution in [2.24, 2.45) is 0 Å². The zero-order chi connectivity index (χ0) is 21.3. The second-order valence-corrected chi connectivity index (χ2v) is 9.16. The monoisotopic (exact) mass is 429 g/mol. The van der Waals surface area contributed by atoms with E-state index in [0.29, 0.717) is 29.2 Å². The summed E-state index contributed by atoms with van der Waals surface area (Å²) in [5.41, 5.74) is 2.40. The van der Waals surface area contributed by atoms with E-state index in [2.05, 4.69) is 10.4 Å². The lowest BCUT2D eigenvalue weighted by molar-refractivity contribution is -0.116. The summed E-state index contributed by atoms with van der Waals surface area (Å²) in [6.07, 6.45) is 0.726. The number of nitrogens with one attached hydrogen (secondary N) is 1. The number of carbonyl (C=O) groups excluding carboxylic acids is 1. The molecule has 0 atom stereocenters. The molecule has 1 aliphatic heterocycles. The molecule has 7 nitrogen and oxygen atoms in total. The Kier molecular flexibility index (Phi) is 5.29. The van der Waals surface area contributed by atoms with E-state index >= 15 is 0 Å². The largest absolute Gasteiger partial charge is 0.497 e. The lowest BCUT2D eigenvalue weighted by Gasteiger charge is -2.11. The van der Waals surface area contributed by atoms with E-state index in [1.165, 1.54) is 28.9 Å². The number of methoxy groups -OCH3 is 1. The minimum absolute atomic E-state index is 0.175. The van der Waals surface area contributed by atoms with E-state index in [1.807, 2.05) is 24.3 Å². The first-order chi connectivity index (χ1) is 14.3. The lowest BCUT2D eigenvalue weighted by atomic mass is 10.1. The van der Waals surface area contributed by atoms with Gasteiger partial charge in [0.05, 0.1) is 30.0 Å². The number of carbonyl (C=O) groups is 1. The lowest BCUT2D eigenvalue weighted by Crippen LogP contribution is -2.17. The van der Waals surface area contributed by atoms with E-state index in [4.69, 9.17) is 4.74 Å². The van der Waals surface area contributed by atoms with Crippen molar-refractivity contribution in [3.8, 4) is 11.4 Å². The Bertz CT molecular complexity index is 1190. The first kappa shape index (κ1) is 20.1. The molecule has 0 bridgehead atoms. The van der Waals surface area contributed by atoms with Crippen molar-refractivity contribution in [1.29, 1.82) is 0 Å². The number of halogens is 1. The van der Waals surface area contributed by atoms with Crippen LogP contribution >= 0.6 is 0 Å². The Morgan fingerprint density at radius 1 is 1.13 bits per heavy atom. The number of fused-ring (bicyclic) bond motifs is 1. The maximum atomic E-state index is 13.3. The molecule has 1 N–H and O–H groups in total. The van der Waals surface area contributed by atoms with Crippen LogP contribution in [0.25, 0.3) is 5.69 Å². The van der Waals surface area contributed by atoms with Gasteiger partial charge in [0.1, 0.15) is 17.4 Å². The second-order valence-electron chi connectivity index (χ2n) is 7.09. The van der Waals surface area contributed by atoms with Gasteiger partial charge in [0, 0.05) is 12.0 Å². The third-order valence-electron chi connectivity index (χ3n) is 4.92. The predicted octanol–water partition coefficient (Wildman–Crippen LogP) is 3.02. The smallest absolute Gasteiger partial charge is 0.225 e. The molecule has 2 heterocycles. The van der Waals surface area contributed by atoms with Crippen LogP contribution in [0.3, 0.4) is 0 Å². The van der Waals surface area contributed by atoms with Crippen LogP contribution in [0.15, 0.2) is 48.5 Å². The average Bonchev–Trinajstić information content (AvgIpc) is 3.20. The van der Waals surface area contributed by atoms with Gasteiger partial charge in [0.15, 0.2) is 9.84 Å². The molecule has 0 fully saturated rings. The fourth-order valence-electron chi connectivity index (χ4n) is 3.38. The second kappa shape index (κ2) is 7.91. The Labute approximate surface area is 173 Å². The van der Waals surface area contributed by atoms with E-state index in [9.17, 15) is 17.6 Å². The number of hydrogen-bond acceptors (Lipinski definition) is 5. The van der Waals surface area contributed by atoms with Gasteiger partial charge in [-0.25, -0.2) is 17.5 Å². The topological polar surface area (TPSA) is 90.3 Å². The van der Waals surface area contributed by atoms with Crippen LogP contribution in [0.5, 0.6) is 5.75 Å². The van der Waals surface area contributed by atoms with E-state index in [0.717, 1.165) is 11.3 Å². The summed E-state index contributed by atoms with van der Waals surface area (Å²) in [6.45, 7) is 0. The number of rotatable bonds is 6. The zero-order valence-corrected chi connectivity index (χ0v) is 17.1. The van der Waals surface area contributed by atoms with E-state index in [-0.39, 0.29) is 23.8 Å². The number of aryl methyl sites for hydroxylation is 1. The van der Waals surface area contributed by atoms with Gasteiger partial charge in [0.25, 0.3) is 0 Å². The highest BCUT2D eigenvalue weighted by Gasteiger charge is 2.33.